The molecule has 2 nitrogen and oxygen atoms in total. The predicted molar refractivity (Wildman–Crippen MR) is 63.7 cm³/mol. The SMILES string of the molecule is CC(C)C(O)C(=O)Cc1ccccc1Br. The summed E-state index contributed by atoms with van der Waals surface area (Å²) in [5.41, 5.74) is 0.919. The van der Waals surface area contributed by atoms with Crippen LogP contribution in [0.3, 0.4) is 0 Å². The van der Waals surface area contributed by atoms with Gasteiger partial charge in [-0.25, -0.2) is 0 Å². The highest BCUT2D eigenvalue weighted by Crippen LogP contribution is 2.17. The van der Waals surface area contributed by atoms with E-state index in [1.165, 1.54) is 0 Å². The molecule has 1 aromatic carbocycles. The number of hydrogen-bond acceptors (Lipinski definition) is 2. The molecule has 0 aromatic heterocycles. The number of Topliss-reactive ketones (excluding diaryl/α,β-unsaturated/α-hetero) is 1. The number of rotatable bonds is 4. The summed E-state index contributed by atoms with van der Waals surface area (Å²) >= 11 is 3.38. The van der Waals surface area contributed by atoms with Crippen LogP contribution in [0.1, 0.15) is 19.4 Å². The first-order valence-electron chi connectivity index (χ1n) is 4.96. The standard InChI is InChI=1S/C12H15BrO2/c1-8(2)12(15)11(14)7-9-5-3-4-6-10(9)13/h3-6,8,12,15H,7H2,1-2H3. The Morgan fingerprint density at radius 2 is 2.00 bits per heavy atom. The van der Waals surface area contributed by atoms with E-state index in [9.17, 15) is 9.90 Å². The number of benzene rings is 1. The third-order valence-corrected chi connectivity index (χ3v) is 3.06. The van der Waals surface area contributed by atoms with Crippen molar-refractivity contribution in [2.24, 2.45) is 5.92 Å². The zero-order chi connectivity index (χ0) is 11.4. The summed E-state index contributed by atoms with van der Waals surface area (Å²) in [4.78, 5) is 11.6. The molecule has 0 amide bonds. The Kier molecular flexibility index (Phi) is 4.48. The largest absolute Gasteiger partial charge is 0.385 e. The number of aliphatic hydroxyl groups excluding tert-OH is 1. The molecule has 82 valence electrons. The van der Waals surface area contributed by atoms with E-state index >= 15 is 0 Å². The lowest BCUT2D eigenvalue weighted by Crippen LogP contribution is -2.27. The average Bonchev–Trinajstić information content (AvgIpc) is 2.20. The molecule has 1 rings (SSSR count). The first-order chi connectivity index (χ1) is 7.02. The summed E-state index contributed by atoms with van der Waals surface area (Å²) in [5, 5.41) is 9.58. The van der Waals surface area contributed by atoms with E-state index in [2.05, 4.69) is 15.9 Å². The van der Waals surface area contributed by atoms with Gasteiger partial charge in [0, 0.05) is 10.9 Å². The summed E-state index contributed by atoms with van der Waals surface area (Å²) in [5.74, 6) is -0.156. The number of halogens is 1. The van der Waals surface area contributed by atoms with Crippen molar-refractivity contribution in [1.29, 1.82) is 0 Å². The second-order valence-electron chi connectivity index (χ2n) is 3.92. The van der Waals surface area contributed by atoms with Crippen molar-refractivity contribution in [2.45, 2.75) is 26.4 Å². The minimum atomic E-state index is -0.864. The van der Waals surface area contributed by atoms with E-state index in [0.29, 0.717) is 0 Å². The van der Waals surface area contributed by atoms with Gasteiger partial charge in [0.15, 0.2) is 5.78 Å². The maximum absolute atomic E-state index is 11.6. The number of carbonyl (C=O) groups excluding carboxylic acids is 1. The first kappa shape index (κ1) is 12.4. The van der Waals surface area contributed by atoms with Crippen LogP contribution in [0, 0.1) is 5.92 Å². The molecule has 0 heterocycles. The fourth-order valence-electron chi connectivity index (χ4n) is 1.31. The molecule has 3 heteroatoms. The fraction of sp³-hybridized carbons (Fsp3) is 0.417. The lowest BCUT2D eigenvalue weighted by molar-refractivity contribution is -0.128. The fourth-order valence-corrected chi connectivity index (χ4v) is 1.73. The lowest BCUT2D eigenvalue weighted by atomic mass is 9.98. The highest BCUT2D eigenvalue weighted by molar-refractivity contribution is 9.10. The summed E-state index contributed by atoms with van der Waals surface area (Å²) in [7, 11) is 0. The molecule has 0 bridgehead atoms. The third kappa shape index (κ3) is 3.43. The topological polar surface area (TPSA) is 37.3 Å². The molecule has 0 aliphatic heterocycles. The van der Waals surface area contributed by atoms with E-state index in [1.54, 1.807) is 0 Å². The van der Waals surface area contributed by atoms with Gasteiger partial charge in [-0.1, -0.05) is 48.0 Å². The number of aliphatic hydroxyl groups is 1. The Labute approximate surface area is 98.4 Å². The minimum Gasteiger partial charge on any atom is -0.385 e. The summed E-state index contributed by atoms with van der Waals surface area (Å²) in [6.07, 6.45) is -0.585. The zero-order valence-corrected chi connectivity index (χ0v) is 10.5. The molecule has 0 saturated carbocycles. The van der Waals surface area contributed by atoms with E-state index in [4.69, 9.17) is 0 Å². The minimum absolute atomic E-state index is 0.0278. The lowest BCUT2D eigenvalue weighted by Gasteiger charge is -2.13. The second kappa shape index (κ2) is 5.42. The molecular weight excluding hydrogens is 256 g/mol. The van der Waals surface area contributed by atoms with Crippen LogP contribution in [0.4, 0.5) is 0 Å². The van der Waals surface area contributed by atoms with Crippen LogP contribution in [0.25, 0.3) is 0 Å². The Hall–Kier alpha value is -0.670. The summed E-state index contributed by atoms with van der Waals surface area (Å²) in [6, 6.07) is 7.56. The first-order valence-corrected chi connectivity index (χ1v) is 5.76. The molecule has 0 fully saturated rings. The van der Waals surface area contributed by atoms with Crippen molar-refractivity contribution in [1.82, 2.24) is 0 Å². The molecule has 1 atom stereocenters. The Morgan fingerprint density at radius 1 is 1.40 bits per heavy atom. The molecule has 0 saturated heterocycles. The van der Waals surface area contributed by atoms with Crippen molar-refractivity contribution < 1.29 is 9.90 Å². The summed E-state index contributed by atoms with van der Waals surface area (Å²) in [6.45, 7) is 3.67. The quantitative estimate of drug-likeness (QED) is 0.913. The van der Waals surface area contributed by atoms with Crippen LogP contribution in [0.15, 0.2) is 28.7 Å². The van der Waals surface area contributed by atoms with Gasteiger partial charge in [0.25, 0.3) is 0 Å². The summed E-state index contributed by atoms with van der Waals surface area (Å²) < 4.78 is 0.911. The Balaban J connectivity index is 2.71. The number of carbonyl (C=O) groups is 1. The maximum Gasteiger partial charge on any atom is 0.165 e. The van der Waals surface area contributed by atoms with E-state index in [1.807, 2.05) is 38.1 Å². The van der Waals surface area contributed by atoms with Crippen molar-refractivity contribution in [3.63, 3.8) is 0 Å². The van der Waals surface area contributed by atoms with Gasteiger partial charge in [0.2, 0.25) is 0 Å². The molecule has 0 radical (unpaired) electrons. The molecule has 1 aromatic rings. The van der Waals surface area contributed by atoms with Crippen LogP contribution in [0.5, 0.6) is 0 Å². The van der Waals surface area contributed by atoms with Crippen molar-refractivity contribution in [3.8, 4) is 0 Å². The smallest absolute Gasteiger partial charge is 0.165 e. The van der Waals surface area contributed by atoms with Crippen LogP contribution < -0.4 is 0 Å². The highest BCUT2D eigenvalue weighted by Gasteiger charge is 2.19. The normalized spacial score (nSPS) is 12.9. The molecule has 0 aliphatic rings. The van der Waals surface area contributed by atoms with Gasteiger partial charge in [-0.05, 0) is 17.5 Å². The van der Waals surface area contributed by atoms with Crippen LogP contribution in [0.2, 0.25) is 0 Å². The van der Waals surface area contributed by atoms with Crippen LogP contribution >= 0.6 is 15.9 Å². The molecular formula is C12H15BrO2. The van der Waals surface area contributed by atoms with Gasteiger partial charge >= 0.3 is 0 Å². The molecule has 0 spiro atoms. The Bertz CT molecular complexity index is 347. The monoisotopic (exact) mass is 270 g/mol. The van der Waals surface area contributed by atoms with E-state index < -0.39 is 6.10 Å². The van der Waals surface area contributed by atoms with Crippen molar-refractivity contribution >= 4 is 21.7 Å². The van der Waals surface area contributed by atoms with Crippen LogP contribution in [-0.4, -0.2) is 17.0 Å². The maximum atomic E-state index is 11.6. The van der Waals surface area contributed by atoms with E-state index in [-0.39, 0.29) is 18.1 Å². The second-order valence-corrected chi connectivity index (χ2v) is 4.78. The van der Waals surface area contributed by atoms with Gasteiger partial charge in [-0.3, -0.25) is 4.79 Å². The van der Waals surface area contributed by atoms with Gasteiger partial charge in [0.05, 0.1) is 0 Å². The Morgan fingerprint density at radius 3 is 2.53 bits per heavy atom. The number of ketones is 1. The highest BCUT2D eigenvalue weighted by atomic mass is 79.9. The zero-order valence-electron chi connectivity index (χ0n) is 8.90. The number of hydrogen-bond donors (Lipinski definition) is 1. The van der Waals surface area contributed by atoms with E-state index in [0.717, 1.165) is 10.0 Å². The molecule has 0 aliphatic carbocycles. The van der Waals surface area contributed by atoms with Gasteiger partial charge in [0.1, 0.15) is 6.10 Å². The third-order valence-electron chi connectivity index (χ3n) is 2.28. The molecule has 15 heavy (non-hydrogen) atoms. The van der Waals surface area contributed by atoms with Crippen molar-refractivity contribution in [3.05, 3.63) is 34.3 Å². The average molecular weight is 271 g/mol. The van der Waals surface area contributed by atoms with Gasteiger partial charge in [-0.15, -0.1) is 0 Å². The molecule has 1 unspecified atom stereocenters. The van der Waals surface area contributed by atoms with Gasteiger partial charge < -0.3 is 5.11 Å². The van der Waals surface area contributed by atoms with Crippen molar-refractivity contribution in [2.75, 3.05) is 0 Å². The predicted octanol–water partition coefficient (Wildman–Crippen LogP) is 2.58. The molecule has 1 N–H and O–H groups in total. The van der Waals surface area contributed by atoms with Gasteiger partial charge in [-0.2, -0.15) is 0 Å². The van der Waals surface area contributed by atoms with Crippen LogP contribution in [-0.2, 0) is 11.2 Å².